The molecule has 0 spiro atoms. The quantitative estimate of drug-likeness (QED) is 0.490. The smallest absolute Gasteiger partial charge is 0.204 e. The van der Waals surface area contributed by atoms with Crippen molar-refractivity contribution in [2.75, 3.05) is 0 Å². The molecule has 9 heteroatoms. The molecule has 0 heterocycles. The zero-order valence-electron chi connectivity index (χ0n) is 4.26. The van der Waals surface area contributed by atoms with Crippen LogP contribution in [0, 0.1) is 9.81 Å². The maximum Gasteiger partial charge on any atom is 0.204 e. The van der Waals surface area contributed by atoms with Gasteiger partial charge in [0.05, 0.1) is 0 Å². The van der Waals surface area contributed by atoms with Gasteiger partial charge in [0.15, 0.2) is 0 Å². The predicted octanol–water partition coefficient (Wildman–Crippen LogP) is 0.518. The number of hydrogen-bond acceptors (Lipinski definition) is 6. The van der Waals surface area contributed by atoms with Crippen LogP contribution in [-0.4, -0.2) is 0 Å². The molecule has 8 nitrogen and oxygen atoms in total. The molecular weight excluding hydrogens is 315 g/mol. The van der Waals surface area contributed by atoms with E-state index in [0.29, 0.717) is 0 Å². The Morgan fingerprint density at radius 1 is 0.778 bits per heavy atom. The van der Waals surface area contributed by atoms with Crippen LogP contribution in [0.4, 0.5) is 0 Å². The summed E-state index contributed by atoms with van der Waals surface area (Å²) in [7, 11) is 0. The van der Waals surface area contributed by atoms with Gasteiger partial charge in [0, 0.05) is 21.1 Å². The zero-order chi connectivity index (χ0) is 5.41. The van der Waals surface area contributed by atoms with Gasteiger partial charge in [-0.2, -0.15) is 0 Å². The number of hydrogen-bond donors (Lipinski definition) is 2. The second-order valence-electron chi connectivity index (χ2n) is 0.149. The molecule has 9 heavy (non-hydrogen) atoms. The molecule has 0 rings (SSSR count). The van der Waals surface area contributed by atoms with E-state index in [1.165, 1.54) is 0 Å². The van der Waals surface area contributed by atoms with Crippen LogP contribution in [-0.2, 0) is 31.5 Å². The summed E-state index contributed by atoms with van der Waals surface area (Å²) < 4.78 is 0. The first-order valence-corrected chi connectivity index (χ1v) is 0.730. The molecule has 60 valence electrons. The Morgan fingerprint density at radius 2 is 0.778 bits per heavy atom. The van der Waals surface area contributed by atoms with Crippen LogP contribution >= 0.6 is 0 Å². The van der Waals surface area contributed by atoms with Gasteiger partial charge in [-0.15, -0.1) is 20.2 Å². The molecule has 0 aromatic carbocycles. The average molecular weight is 321 g/mol. The summed E-state index contributed by atoms with van der Waals surface area (Å²) >= 11 is 0. The van der Waals surface area contributed by atoms with E-state index in [9.17, 15) is 0 Å². The largest absolute Gasteiger partial charge is 0.344 e. The van der Waals surface area contributed by atoms with Crippen LogP contribution < -0.4 is 12.3 Å². The van der Waals surface area contributed by atoms with Gasteiger partial charge in [0.2, 0.25) is 10.7 Å². The minimum Gasteiger partial charge on any atom is -0.344 e. The summed E-state index contributed by atoms with van der Waals surface area (Å²) in [5.74, 6) is 0. The van der Waals surface area contributed by atoms with E-state index >= 15 is 0 Å². The molecule has 0 saturated heterocycles. The zero-order valence-corrected chi connectivity index (χ0v) is 6.53. The molecule has 0 aliphatic heterocycles. The Hall–Kier alpha value is -0.592. The van der Waals surface area contributed by atoms with Crippen LogP contribution in [0.2, 0.25) is 0 Å². The summed E-state index contributed by atoms with van der Waals surface area (Å²) in [6.07, 6.45) is 0. The summed E-state index contributed by atoms with van der Waals surface area (Å²) in [6.45, 7) is 0. The van der Waals surface area contributed by atoms with E-state index < -0.39 is 0 Å². The fraction of sp³-hybridized carbons (Fsp3) is 0. The molecule has 0 atom stereocenters. The Kier molecular flexibility index (Phi) is 677. The third-order valence-electron chi connectivity index (χ3n) is 0. The Morgan fingerprint density at radius 3 is 0.778 bits per heavy atom. The molecule has 0 saturated carbocycles. The van der Waals surface area contributed by atoms with Gasteiger partial charge in [0.1, 0.15) is 0 Å². The van der Waals surface area contributed by atoms with Crippen molar-refractivity contribution in [1.82, 2.24) is 12.3 Å². The van der Waals surface area contributed by atoms with Gasteiger partial charge in [-0.3, -0.25) is 0 Å². The van der Waals surface area contributed by atoms with Gasteiger partial charge in [0.25, 0.3) is 0 Å². The van der Waals surface area contributed by atoms with Gasteiger partial charge in [-0.25, -0.2) is 0 Å². The minimum absolute atomic E-state index is 0. The van der Waals surface area contributed by atoms with E-state index in [0.717, 1.165) is 10.7 Å². The summed E-state index contributed by atoms with van der Waals surface area (Å²) in [6, 6.07) is 0. The van der Waals surface area contributed by atoms with Gasteiger partial charge < -0.3 is 12.3 Å². The molecule has 0 aromatic heterocycles. The maximum absolute atomic E-state index is 8.00. The fourth-order valence-electron chi connectivity index (χ4n) is 0. The van der Waals surface area contributed by atoms with Crippen LogP contribution in [0.5, 0.6) is 0 Å². The number of nitrogens with zero attached hydrogens (tertiary/aromatic N) is 2. The Balaban J connectivity index is -0.00000000889. The third kappa shape index (κ3) is 619. The first-order chi connectivity index (χ1) is 2.83. The molecule has 0 aliphatic rings. The molecular formula is H6N4O4Pt. The average Bonchev–Trinajstić information content (AvgIpc) is 1.39. The van der Waals surface area contributed by atoms with Gasteiger partial charge in [-0.05, 0) is 0 Å². The van der Waals surface area contributed by atoms with Crippen molar-refractivity contribution in [2.45, 2.75) is 0 Å². The van der Waals surface area contributed by atoms with Crippen LogP contribution in [0.25, 0.3) is 0 Å². The van der Waals surface area contributed by atoms with Crippen molar-refractivity contribution in [3.8, 4) is 0 Å². The van der Waals surface area contributed by atoms with E-state index in [2.05, 4.69) is 0 Å². The first-order valence-electron chi connectivity index (χ1n) is 0.730. The van der Waals surface area contributed by atoms with Crippen molar-refractivity contribution >= 4 is 0 Å². The van der Waals surface area contributed by atoms with E-state index in [1.807, 2.05) is 0 Å². The third-order valence-corrected chi connectivity index (χ3v) is 0. The van der Waals surface area contributed by atoms with Crippen molar-refractivity contribution in [2.24, 2.45) is 10.7 Å². The molecule has 0 fully saturated rings. The first kappa shape index (κ1) is 39.7. The van der Waals surface area contributed by atoms with E-state index in [-0.39, 0.29) is 33.4 Å². The van der Waals surface area contributed by atoms with Crippen LogP contribution in [0.3, 0.4) is 0 Å². The second kappa shape index (κ2) is 153. The van der Waals surface area contributed by atoms with Gasteiger partial charge in [-0.1, -0.05) is 0 Å². The van der Waals surface area contributed by atoms with Crippen LogP contribution in [0.15, 0.2) is 10.7 Å². The summed E-state index contributed by atoms with van der Waals surface area (Å²) in [5, 5.41) is 18.0. The van der Waals surface area contributed by atoms with E-state index in [1.54, 1.807) is 0 Å². The molecule has 6 N–H and O–H groups in total. The molecule has 0 aromatic rings. The normalized spacial score (nSPS) is 2.67. The van der Waals surface area contributed by atoms with Crippen molar-refractivity contribution < 1.29 is 31.5 Å². The summed E-state index contributed by atoms with van der Waals surface area (Å²) in [4.78, 5) is 16.0. The van der Waals surface area contributed by atoms with Crippen molar-refractivity contribution in [3.63, 3.8) is 0 Å². The molecule has 0 bridgehead atoms. The second-order valence-corrected chi connectivity index (χ2v) is 0.149. The molecule has 2 radical (unpaired) electrons. The van der Waals surface area contributed by atoms with Crippen molar-refractivity contribution in [3.05, 3.63) is 9.81 Å². The predicted molar refractivity (Wildman–Crippen MR) is 23.0 cm³/mol. The summed E-state index contributed by atoms with van der Waals surface area (Å²) in [5.41, 5.74) is 0. The Bertz CT molecular complexity index is 33.5. The fourth-order valence-corrected chi connectivity index (χ4v) is 0. The minimum atomic E-state index is 0. The maximum atomic E-state index is 8.00. The van der Waals surface area contributed by atoms with Gasteiger partial charge >= 0.3 is 0 Å². The molecule has 0 unspecified atom stereocenters. The molecule has 0 aliphatic carbocycles. The van der Waals surface area contributed by atoms with E-state index in [4.69, 9.17) is 20.2 Å². The van der Waals surface area contributed by atoms with Crippen molar-refractivity contribution in [1.29, 1.82) is 0 Å². The molecule has 0 amide bonds. The SMILES string of the molecule is N.N.[O]N=O.[O]N=O.[Pt]. The number of rotatable bonds is 0. The standard InChI is InChI=1S/2NO2.2H3N.Pt/c2*2-1-3;;;/h;;2*1H3;. The monoisotopic (exact) mass is 321 g/mol. The topological polar surface area (TPSA) is 169 Å². The van der Waals surface area contributed by atoms with Crippen LogP contribution in [0.1, 0.15) is 0 Å². The Labute approximate surface area is 64.9 Å².